The Morgan fingerprint density at radius 2 is 1.88 bits per heavy atom. The minimum Gasteiger partial charge on any atom is -0.431 e. The van der Waals surface area contributed by atoms with Crippen molar-refractivity contribution in [3.05, 3.63) is 54.1 Å². The zero-order valence-corrected chi connectivity index (χ0v) is 14.8. The molecule has 0 aliphatic carbocycles. The predicted molar refractivity (Wildman–Crippen MR) is 99.0 cm³/mol. The molecule has 0 aliphatic heterocycles. The van der Waals surface area contributed by atoms with Crippen molar-refractivity contribution in [2.45, 2.75) is 30.7 Å². The Kier molecular flexibility index (Phi) is 5.19. The summed E-state index contributed by atoms with van der Waals surface area (Å²) in [4.78, 5) is 28.2. The third kappa shape index (κ3) is 4.09. The molecule has 0 bridgehead atoms. The molecule has 2 aromatic carbocycles. The molecule has 1 amide bonds. The first-order valence-corrected chi connectivity index (χ1v) is 8.89. The quantitative estimate of drug-likeness (QED) is 0.520. The number of amides is 1. The third-order valence-corrected chi connectivity index (χ3v) is 4.95. The number of para-hydroxylation sites is 2. The van der Waals surface area contributed by atoms with Crippen molar-refractivity contribution in [3.63, 3.8) is 0 Å². The van der Waals surface area contributed by atoms with Gasteiger partial charge in [-0.1, -0.05) is 30.8 Å². The van der Waals surface area contributed by atoms with Crippen molar-refractivity contribution in [1.29, 1.82) is 0 Å². The number of hydrogen-bond donors (Lipinski definition) is 1. The van der Waals surface area contributed by atoms with Gasteiger partial charge in [-0.25, -0.2) is 4.98 Å². The molecule has 1 atom stereocenters. The Morgan fingerprint density at radius 3 is 2.52 bits per heavy atom. The fourth-order valence-electron chi connectivity index (χ4n) is 2.36. The molecule has 25 heavy (non-hydrogen) atoms. The first-order valence-electron chi connectivity index (χ1n) is 8.01. The number of hydrogen-bond acceptors (Lipinski definition) is 5. The van der Waals surface area contributed by atoms with Crippen molar-refractivity contribution in [2.75, 3.05) is 5.32 Å². The zero-order chi connectivity index (χ0) is 17.8. The standard InChI is InChI=1S/C19H18N2O3S/c1-3-17(25-19-21-15-6-4-5-7-16(15)24-19)18(23)20-14-10-8-13(9-11-14)12(2)22/h4-11,17H,3H2,1-2H3,(H,20,23)/t17-/m0/s1. The maximum Gasteiger partial charge on any atom is 0.257 e. The molecule has 3 rings (SSSR count). The Bertz CT molecular complexity index is 869. The number of nitrogens with one attached hydrogen (secondary N) is 1. The maximum absolute atomic E-state index is 12.5. The molecule has 5 nitrogen and oxygen atoms in total. The number of carbonyl (C=O) groups is 2. The summed E-state index contributed by atoms with van der Waals surface area (Å²) in [5.41, 5.74) is 2.76. The van der Waals surface area contributed by atoms with Crippen LogP contribution in [0.25, 0.3) is 11.1 Å². The Balaban J connectivity index is 1.69. The number of fused-ring (bicyclic) bond motifs is 1. The number of nitrogens with zero attached hydrogens (tertiary/aromatic N) is 1. The van der Waals surface area contributed by atoms with Crippen LogP contribution < -0.4 is 5.32 Å². The minimum atomic E-state index is -0.319. The molecule has 0 saturated heterocycles. The minimum absolute atomic E-state index is 0.00386. The lowest BCUT2D eigenvalue weighted by molar-refractivity contribution is -0.115. The van der Waals surface area contributed by atoms with Gasteiger partial charge in [-0.3, -0.25) is 9.59 Å². The largest absolute Gasteiger partial charge is 0.431 e. The van der Waals surface area contributed by atoms with E-state index in [1.54, 1.807) is 24.3 Å². The summed E-state index contributed by atoms with van der Waals surface area (Å²) in [6, 6.07) is 14.4. The highest BCUT2D eigenvalue weighted by Crippen LogP contribution is 2.29. The number of anilines is 1. The molecular weight excluding hydrogens is 336 g/mol. The van der Waals surface area contributed by atoms with Crippen LogP contribution in [0.1, 0.15) is 30.6 Å². The highest BCUT2D eigenvalue weighted by molar-refractivity contribution is 8.00. The van der Waals surface area contributed by atoms with E-state index in [1.165, 1.54) is 18.7 Å². The summed E-state index contributed by atoms with van der Waals surface area (Å²) >= 11 is 1.31. The van der Waals surface area contributed by atoms with Gasteiger partial charge < -0.3 is 9.73 Å². The van der Waals surface area contributed by atoms with Crippen LogP contribution in [0.15, 0.2) is 58.2 Å². The normalized spacial score (nSPS) is 12.1. The number of aromatic nitrogens is 1. The SMILES string of the molecule is CC[C@H](Sc1nc2ccccc2o1)C(=O)Nc1ccc(C(C)=O)cc1. The molecule has 1 aromatic heterocycles. The van der Waals surface area contributed by atoms with E-state index < -0.39 is 0 Å². The number of carbonyl (C=O) groups excluding carboxylic acids is 2. The first-order chi connectivity index (χ1) is 12.1. The molecule has 0 unspecified atom stereocenters. The van der Waals surface area contributed by atoms with Gasteiger partial charge in [0.05, 0.1) is 5.25 Å². The van der Waals surface area contributed by atoms with Gasteiger partial charge in [-0.2, -0.15) is 0 Å². The van der Waals surface area contributed by atoms with Crippen LogP contribution in [0.2, 0.25) is 0 Å². The molecule has 6 heteroatoms. The Hall–Kier alpha value is -2.60. The van der Waals surface area contributed by atoms with Crippen LogP contribution in [0.3, 0.4) is 0 Å². The molecule has 0 fully saturated rings. The van der Waals surface area contributed by atoms with Crippen molar-refractivity contribution < 1.29 is 14.0 Å². The Morgan fingerprint density at radius 1 is 1.16 bits per heavy atom. The summed E-state index contributed by atoms with van der Waals surface area (Å²) in [5, 5.41) is 3.04. The van der Waals surface area contributed by atoms with Crippen LogP contribution in [0.4, 0.5) is 5.69 Å². The van der Waals surface area contributed by atoms with E-state index in [9.17, 15) is 9.59 Å². The number of oxazole rings is 1. The monoisotopic (exact) mass is 354 g/mol. The van der Waals surface area contributed by atoms with Gasteiger partial charge in [-0.15, -0.1) is 0 Å². The molecule has 128 valence electrons. The number of Topliss-reactive ketones (excluding diaryl/α,β-unsaturated/α-hetero) is 1. The number of ketones is 1. The fraction of sp³-hybridized carbons (Fsp3) is 0.211. The second-order valence-electron chi connectivity index (χ2n) is 5.59. The van der Waals surface area contributed by atoms with Gasteiger partial charge in [0.25, 0.3) is 5.22 Å². The second kappa shape index (κ2) is 7.53. The Labute approximate surface area is 149 Å². The summed E-state index contributed by atoms with van der Waals surface area (Å²) in [6.45, 7) is 3.45. The molecule has 3 aromatic rings. The van der Waals surface area contributed by atoms with Gasteiger partial charge in [0.1, 0.15) is 5.52 Å². The van der Waals surface area contributed by atoms with Gasteiger partial charge in [0.2, 0.25) is 5.91 Å². The van der Waals surface area contributed by atoms with E-state index in [1.807, 2.05) is 31.2 Å². The van der Waals surface area contributed by atoms with E-state index in [0.29, 0.717) is 28.5 Å². The molecule has 0 saturated carbocycles. The third-order valence-electron chi connectivity index (χ3n) is 3.74. The average Bonchev–Trinajstić information content (AvgIpc) is 3.02. The smallest absolute Gasteiger partial charge is 0.257 e. The molecular formula is C19H18N2O3S. The lowest BCUT2D eigenvalue weighted by Crippen LogP contribution is -2.24. The van der Waals surface area contributed by atoms with E-state index >= 15 is 0 Å². The van der Waals surface area contributed by atoms with Crippen LogP contribution >= 0.6 is 11.8 Å². The maximum atomic E-state index is 12.5. The number of thioether (sulfide) groups is 1. The molecule has 1 heterocycles. The van der Waals surface area contributed by atoms with Crippen molar-refractivity contribution in [2.24, 2.45) is 0 Å². The zero-order valence-electron chi connectivity index (χ0n) is 14.0. The first kappa shape index (κ1) is 17.2. The summed E-state index contributed by atoms with van der Waals surface area (Å²) in [6.07, 6.45) is 0.640. The number of rotatable bonds is 6. The van der Waals surface area contributed by atoms with Gasteiger partial charge >= 0.3 is 0 Å². The molecule has 1 N–H and O–H groups in total. The average molecular weight is 354 g/mol. The van der Waals surface area contributed by atoms with E-state index in [-0.39, 0.29) is 16.9 Å². The van der Waals surface area contributed by atoms with E-state index in [4.69, 9.17) is 4.42 Å². The van der Waals surface area contributed by atoms with Crippen LogP contribution in [-0.4, -0.2) is 21.9 Å². The van der Waals surface area contributed by atoms with E-state index in [2.05, 4.69) is 10.3 Å². The van der Waals surface area contributed by atoms with Gasteiger partial charge in [0, 0.05) is 11.3 Å². The fourth-order valence-corrected chi connectivity index (χ4v) is 3.22. The number of benzene rings is 2. The molecule has 0 radical (unpaired) electrons. The van der Waals surface area contributed by atoms with Gasteiger partial charge in [0.15, 0.2) is 11.4 Å². The lowest BCUT2D eigenvalue weighted by Gasteiger charge is -2.13. The second-order valence-corrected chi connectivity index (χ2v) is 6.74. The van der Waals surface area contributed by atoms with Crippen LogP contribution in [0.5, 0.6) is 0 Å². The van der Waals surface area contributed by atoms with Crippen molar-refractivity contribution in [1.82, 2.24) is 4.98 Å². The highest BCUT2D eigenvalue weighted by Gasteiger charge is 2.21. The van der Waals surface area contributed by atoms with Crippen LogP contribution in [0, 0.1) is 0 Å². The van der Waals surface area contributed by atoms with Gasteiger partial charge in [-0.05, 0) is 49.7 Å². The summed E-state index contributed by atoms with van der Waals surface area (Å²) in [7, 11) is 0. The highest BCUT2D eigenvalue weighted by atomic mass is 32.2. The lowest BCUT2D eigenvalue weighted by atomic mass is 10.1. The van der Waals surface area contributed by atoms with Crippen molar-refractivity contribution >= 4 is 40.2 Å². The summed E-state index contributed by atoms with van der Waals surface area (Å²) < 4.78 is 5.68. The van der Waals surface area contributed by atoms with E-state index in [0.717, 1.165) is 5.52 Å². The topological polar surface area (TPSA) is 72.2 Å². The van der Waals surface area contributed by atoms with Crippen molar-refractivity contribution in [3.8, 4) is 0 Å². The summed E-state index contributed by atoms with van der Waals surface area (Å²) in [5.74, 6) is -0.124. The molecule has 0 spiro atoms. The van der Waals surface area contributed by atoms with Crippen LogP contribution in [-0.2, 0) is 4.79 Å². The molecule has 0 aliphatic rings. The predicted octanol–water partition coefficient (Wildman–Crippen LogP) is 4.54.